The second kappa shape index (κ2) is 13.4. The Balaban J connectivity index is 0. The Hall–Kier alpha value is -1.68. The molecule has 0 atom stereocenters. The Bertz CT molecular complexity index is 338. The minimum atomic E-state index is -0.426. The van der Waals surface area contributed by atoms with Crippen molar-refractivity contribution in [1.82, 2.24) is 5.48 Å². The number of hydrogen-bond donors (Lipinski definition) is 1. The molecule has 0 fully saturated rings. The molecule has 1 N–H and O–H groups in total. The first-order valence-electron chi connectivity index (χ1n) is 6.08. The third-order valence-corrected chi connectivity index (χ3v) is 1.53. The number of carbonyl (C=O) groups excluding carboxylic acids is 2. The average molecular weight is 253 g/mol. The molecule has 0 bridgehead atoms. The summed E-state index contributed by atoms with van der Waals surface area (Å²) in [5.41, 5.74) is 2.79. The van der Waals surface area contributed by atoms with E-state index in [1.165, 1.54) is 13.5 Å². The van der Waals surface area contributed by atoms with Crippen molar-refractivity contribution in [3.05, 3.63) is 35.4 Å². The average Bonchev–Trinajstić information content (AvgIpc) is 2.42. The van der Waals surface area contributed by atoms with Gasteiger partial charge in [-0.2, -0.15) is 0 Å². The molecule has 0 aliphatic heterocycles. The highest BCUT2D eigenvalue weighted by Gasteiger charge is 2.08. The van der Waals surface area contributed by atoms with Gasteiger partial charge in [-0.3, -0.25) is 14.4 Å². The van der Waals surface area contributed by atoms with Crippen LogP contribution in [0.1, 0.15) is 54.8 Å². The first-order chi connectivity index (χ1) is 8.71. The van der Waals surface area contributed by atoms with Gasteiger partial charge < -0.3 is 0 Å². The molecule has 1 rings (SSSR count). The number of carbonyl (C=O) groups is 2. The number of hydroxylamine groups is 1. The van der Waals surface area contributed by atoms with Crippen LogP contribution in [0.2, 0.25) is 0 Å². The molecule has 18 heavy (non-hydrogen) atoms. The van der Waals surface area contributed by atoms with Crippen LogP contribution in [0.4, 0.5) is 0 Å². The first kappa shape index (κ1) is 18.7. The third kappa shape index (κ3) is 7.57. The summed E-state index contributed by atoms with van der Waals surface area (Å²) in [7, 11) is 1.33. The van der Waals surface area contributed by atoms with E-state index in [0.29, 0.717) is 17.4 Å². The van der Waals surface area contributed by atoms with Crippen LogP contribution >= 0.6 is 0 Å². The quantitative estimate of drug-likeness (QED) is 0.664. The summed E-state index contributed by atoms with van der Waals surface area (Å²) in [5, 5.41) is 0. The molecular formula is C14H23NO3. The van der Waals surface area contributed by atoms with Crippen molar-refractivity contribution in [1.29, 1.82) is 0 Å². The van der Waals surface area contributed by atoms with Gasteiger partial charge in [-0.1, -0.05) is 52.3 Å². The van der Waals surface area contributed by atoms with Crippen LogP contribution in [-0.4, -0.2) is 19.3 Å². The van der Waals surface area contributed by atoms with Gasteiger partial charge in [0.05, 0.1) is 12.7 Å². The van der Waals surface area contributed by atoms with Gasteiger partial charge in [0.15, 0.2) is 6.29 Å². The molecule has 0 saturated heterocycles. The van der Waals surface area contributed by atoms with Crippen molar-refractivity contribution < 1.29 is 14.4 Å². The van der Waals surface area contributed by atoms with Crippen molar-refractivity contribution >= 4 is 12.2 Å². The Labute approximate surface area is 109 Å². The number of nitrogens with one attached hydrogen (secondary N) is 1. The van der Waals surface area contributed by atoms with E-state index in [-0.39, 0.29) is 0 Å². The minimum Gasteiger partial charge on any atom is -0.298 e. The molecule has 0 aliphatic carbocycles. The minimum absolute atomic E-state index is 0.305. The Kier molecular flexibility index (Phi) is 13.9. The Morgan fingerprint density at radius 3 is 2.22 bits per heavy atom. The van der Waals surface area contributed by atoms with Crippen molar-refractivity contribution in [2.45, 2.75) is 34.1 Å². The van der Waals surface area contributed by atoms with Gasteiger partial charge in [0.2, 0.25) is 0 Å². The van der Waals surface area contributed by atoms with Crippen molar-refractivity contribution in [2.24, 2.45) is 0 Å². The first-order valence-corrected chi connectivity index (χ1v) is 6.08. The fraction of sp³-hybridized carbons (Fsp3) is 0.429. The summed E-state index contributed by atoms with van der Waals surface area (Å²) >= 11 is 0. The zero-order valence-corrected chi connectivity index (χ0v) is 11.8. The van der Waals surface area contributed by atoms with E-state index in [9.17, 15) is 9.59 Å². The monoisotopic (exact) mass is 253 g/mol. The molecule has 1 amide bonds. The van der Waals surface area contributed by atoms with E-state index >= 15 is 0 Å². The second-order valence-electron chi connectivity index (χ2n) is 3.05. The lowest BCUT2D eigenvalue weighted by Gasteiger charge is -2.03. The zero-order valence-electron chi connectivity index (χ0n) is 11.8. The summed E-state index contributed by atoms with van der Waals surface area (Å²) in [5.74, 6) is -0.426. The van der Waals surface area contributed by atoms with Crippen LogP contribution in [0.15, 0.2) is 24.3 Å². The fourth-order valence-corrected chi connectivity index (χ4v) is 0.954. The summed E-state index contributed by atoms with van der Waals surface area (Å²) in [4.78, 5) is 26.2. The Morgan fingerprint density at radius 1 is 1.28 bits per heavy atom. The summed E-state index contributed by atoms with van der Waals surface area (Å²) in [6.07, 6.45) is 1.88. The molecule has 102 valence electrons. The van der Waals surface area contributed by atoms with Crippen molar-refractivity contribution in [3.8, 4) is 0 Å². The molecule has 0 spiro atoms. The number of rotatable bonds is 3. The van der Waals surface area contributed by atoms with Crippen LogP contribution in [0.5, 0.6) is 0 Å². The van der Waals surface area contributed by atoms with Crippen molar-refractivity contribution in [2.75, 3.05) is 7.11 Å². The largest absolute Gasteiger partial charge is 0.298 e. The van der Waals surface area contributed by atoms with Crippen molar-refractivity contribution in [3.63, 3.8) is 0 Å². The molecule has 1 aromatic carbocycles. The molecular weight excluding hydrogens is 230 g/mol. The topological polar surface area (TPSA) is 55.4 Å². The molecule has 0 aliphatic rings. The summed E-state index contributed by atoms with van der Waals surface area (Å²) in [6, 6.07) is 6.49. The molecule has 1 aromatic rings. The smallest absolute Gasteiger partial charge is 0.275 e. The van der Waals surface area contributed by atoms with E-state index < -0.39 is 5.91 Å². The van der Waals surface area contributed by atoms with Gasteiger partial charge in [0, 0.05) is 5.56 Å². The summed E-state index contributed by atoms with van der Waals surface area (Å²) in [6.45, 7) is 8.25. The molecule has 0 radical (unpaired) electrons. The lowest BCUT2D eigenvalue weighted by atomic mass is 10.1. The highest BCUT2D eigenvalue weighted by atomic mass is 16.6. The number of amides is 1. The third-order valence-electron chi connectivity index (χ3n) is 1.53. The maximum atomic E-state index is 11.2. The normalized spacial score (nSPS) is 8.06. The predicted molar refractivity (Wildman–Crippen MR) is 73.6 cm³/mol. The highest BCUT2D eigenvalue weighted by Crippen LogP contribution is 2.05. The SMILES string of the molecule is CC.CCC.CONC(=O)c1ccccc1C=O. The van der Waals surface area contributed by atoms with Gasteiger partial charge in [-0.05, 0) is 6.07 Å². The van der Waals surface area contributed by atoms with Gasteiger partial charge >= 0.3 is 0 Å². The van der Waals surface area contributed by atoms with E-state index in [0.717, 1.165) is 0 Å². The van der Waals surface area contributed by atoms with Crippen LogP contribution in [0, 0.1) is 0 Å². The van der Waals surface area contributed by atoms with E-state index in [2.05, 4.69) is 24.2 Å². The van der Waals surface area contributed by atoms with Crippen LogP contribution in [-0.2, 0) is 4.84 Å². The highest BCUT2D eigenvalue weighted by molar-refractivity contribution is 6.00. The van der Waals surface area contributed by atoms with Crippen LogP contribution in [0.3, 0.4) is 0 Å². The lowest BCUT2D eigenvalue weighted by molar-refractivity contribution is 0.0536. The second-order valence-corrected chi connectivity index (χ2v) is 3.05. The van der Waals surface area contributed by atoms with Gasteiger partial charge in [-0.25, -0.2) is 5.48 Å². The molecule has 0 aromatic heterocycles. The summed E-state index contributed by atoms with van der Waals surface area (Å²) < 4.78 is 0. The standard InChI is InChI=1S/C9H9NO3.C3H8.C2H6/c1-13-10-9(12)8-5-3-2-4-7(8)6-11;1-3-2;1-2/h2-6H,1H3,(H,10,12);3H2,1-2H3;1-2H3. The van der Waals surface area contributed by atoms with E-state index in [1.807, 2.05) is 13.8 Å². The van der Waals surface area contributed by atoms with Crippen LogP contribution < -0.4 is 5.48 Å². The molecule has 0 saturated carbocycles. The van der Waals surface area contributed by atoms with Gasteiger partial charge in [0.1, 0.15) is 0 Å². The number of hydrogen-bond acceptors (Lipinski definition) is 3. The number of benzene rings is 1. The van der Waals surface area contributed by atoms with Gasteiger partial charge in [0.25, 0.3) is 5.91 Å². The van der Waals surface area contributed by atoms with Gasteiger partial charge in [-0.15, -0.1) is 0 Å². The number of aldehydes is 1. The Morgan fingerprint density at radius 2 is 1.78 bits per heavy atom. The molecule has 4 heteroatoms. The lowest BCUT2D eigenvalue weighted by Crippen LogP contribution is -2.22. The fourth-order valence-electron chi connectivity index (χ4n) is 0.954. The zero-order chi connectivity index (χ0) is 14.4. The van der Waals surface area contributed by atoms with Crippen LogP contribution in [0.25, 0.3) is 0 Å². The van der Waals surface area contributed by atoms with E-state index in [1.54, 1.807) is 24.3 Å². The maximum Gasteiger partial charge on any atom is 0.275 e. The molecule has 0 unspecified atom stereocenters. The maximum absolute atomic E-state index is 11.2. The molecule has 4 nitrogen and oxygen atoms in total. The van der Waals surface area contributed by atoms with E-state index in [4.69, 9.17) is 0 Å². The predicted octanol–water partition coefficient (Wildman–Crippen LogP) is 3.23. The molecule has 0 heterocycles.